The fourth-order valence-corrected chi connectivity index (χ4v) is 0.502. The molecule has 0 aliphatic heterocycles. The monoisotopic (exact) mass is 197 g/mol. The van der Waals surface area contributed by atoms with E-state index in [2.05, 4.69) is 20.0 Å². The van der Waals surface area contributed by atoms with Crippen molar-refractivity contribution in [3.8, 4) is 0 Å². The maximum atomic E-state index is 11.5. The van der Waals surface area contributed by atoms with Crippen LogP contribution in [0.15, 0.2) is 0 Å². The number of halogens is 3. The lowest BCUT2D eigenvalue weighted by molar-refractivity contribution is -0.167. The number of anilines is 2. The minimum absolute atomic E-state index is 0.0156. The van der Waals surface area contributed by atoms with Crippen LogP contribution in [0.3, 0.4) is 0 Å². The van der Waals surface area contributed by atoms with E-state index >= 15 is 0 Å². The zero-order valence-electron chi connectivity index (χ0n) is 6.22. The highest BCUT2D eigenvalue weighted by atomic mass is 19.4. The van der Waals surface area contributed by atoms with Gasteiger partial charge in [-0.15, -0.1) is 5.10 Å². The highest BCUT2D eigenvalue weighted by Gasteiger charge is 2.28. The maximum Gasteiger partial charge on any atom is 0.414 e. The number of nitrogens with two attached hydrogens (primary N) is 1. The van der Waals surface area contributed by atoms with Gasteiger partial charge in [-0.25, -0.2) is 10.6 Å². The number of hydrogen-bond acceptors (Lipinski definition) is 5. The van der Waals surface area contributed by atoms with Crippen molar-refractivity contribution in [1.29, 1.82) is 0 Å². The van der Waals surface area contributed by atoms with E-state index in [4.69, 9.17) is 5.73 Å². The zero-order valence-corrected chi connectivity index (χ0v) is 6.22. The fourth-order valence-electron chi connectivity index (χ4n) is 0.502. The number of H-pyrrole nitrogens is 1. The number of aromatic nitrogens is 3. The van der Waals surface area contributed by atoms with Crippen LogP contribution in [0.25, 0.3) is 0 Å². The van der Waals surface area contributed by atoms with Crippen LogP contribution in [0.4, 0.5) is 25.1 Å². The van der Waals surface area contributed by atoms with Crippen LogP contribution in [0.1, 0.15) is 0 Å². The number of hydrogen-bond donors (Lipinski definition) is 3. The molecular formula is C4H6F3N5O. The molecule has 0 atom stereocenters. The molecule has 6 nitrogen and oxygen atoms in total. The second-order valence-corrected chi connectivity index (χ2v) is 2.05. The van der Waals surface area contributed by atoms with Crippen molar-refractivity contribution >= 4 is 11.9 Å². The van der Waals surface area contributed by atoms with Gasteiger partial charge in [0, 0.05) is 0 Å². The standard InChI is InChI=1S/C4H6F3N5O/c5-4(6,7)1-13-12-3-9-2(8)10-11-3/h1H2,(H4,8,9,10,11,12). The van der Waals surface area contributed by atoms with E-state index in [1.807, 2.05) is 5.48 Å². The number of nitrogens with one attached hydrogen (secondary N) is 2. The van der Waals surface area contributed by atoms with Crippen molar-refractivity contribution in [3.05, 3.63) is 0 Å². The Labute approximate surface area is 70.2 Å². The van der Waals surface area contributed by atoms with Gasteiger partial charge in [-0.3, -0.25) is 4.84 Å². The molecule has 0 saturated carbocycles. The summed E-state index contributed by atoms with van der Waals surface area (Å²) in [7, 11) is 0. The van der Waals surface area contributed by atoms with Crippen LogP contribution >= 0.6 is 0 Å². The SMILES string of the molecule is Nc1nc(NOCC(F)(F)F)n[nH]1. The lowest BCUT2D eigenvalue weighted by Crippen LogP contribution is -2.19. The highest BCUT2D eigenvalue weighted by Crippen LogP contribution is 2.14. The molecule has 0 amide bonds. The summed E-state index contributed by atoms with van der Waals surface area (Å²) < 4.78 is 34.6. The molecule has 13 heavy (non-hydrogen) atoms. The molecule has 1 aromatic rings. The number of nitrogens with zero attached hydrogens (tertiary/aromatic N) is 2. The normalized spacial score (nSPS) is 11.6. The molecule has 0 radical (unpaired) electrons. The molecular weight excluding hydrogens is 191 g/mol. The summed E-state index contributed by atoms with van der Waals surface area (Å²) in [5, 5.41) is 5.58. The van der Waals surface area contributed by atoms with Crippen molar-refractivity contribution < 1.29 is 18.0 Å². The van der Waals surface area contributed by atoms with Gasteiger partial charge in [0.2, 0.25) is 5.95 Å². The van der Waals surface area contributed by atoms with Crippen LogP contribution in [0.2, 0.25) is 0 Å². The van der Waals surface area contributed by atoms with E-state index < -0.39 is 12.8 Å². The second kappa shape index (κ2) is 3.47. The Bertz CT molecular complexity index is 271. The lowest BCUT2D eigenvalue weighted by Gasteiger charge is -2.05. The average Bonchev–Trinajstić information content (AvgIpc) is 2.33. The fraction of sp³-hybridized carbons (Fsp3) is 0.500. The highest BCUT2D eigenvalue weighted by molar-refractivity contribution is 5.26. The lowest BCUT2D eigenvalue weighted by atomic mass is 10.7. The smallest absolute Gasteiger partial charge is 0.368 e. The Balaban J connectivity index is 2.28. The maximum absolute atomic E-state index is 11.5. The van der Waals surface area contributed by atoms with Gasteiger partial charge < -0.3 is 5.73 Å². The van der Waals surface area contributed by atoms with Gasteiger partial charge in [0.05, 0.1) is 0 Å². The Hall–Kier alpha value is -1.51. The first-order valence-electron chi connectivity index (χ1n) is 3.10. The quantitative estimate of drug-likeness (QED) is 0.606. The van der Waals surface area contributed by atoms with E-state index in [1.165, 1.54) is 0 Å². The van der Waals surface area contributed by atoms with Gasteiger partial charge in [0.25, 0.3) is 5.95 Å². The Morgan fingerprint density at radius 1 is 1.54 bits per heavy atom. The van der Waals surface area contributed by atoms with Gasteiger partial charge in [0.15, 0.2) is 6.61 Å². The van der Waals surface area contributed by atoms with E-state index in [0.29, 0.717) is 0 Å². The van der Waals surface area contributed by atoms with Crippen molar-refractivity contribution in [2.24, 2.45) is 0 Å². The summed E-state index contributed by atoms with van der Waals surface area (Å²) in [4.78, 5) is 7.46. The summed E-state index contributed by atoms with van der Waals surface area (Å²) in [6, 6.07) is 0. The third-order valence-corrected chi connectivity index (χ3v) is 0.902. The minimum Gasteiger partial charge on any atom is -0.368 e. The van der Waals surface area contributed by atoms with Gasteiger partial charge in [-0.1, -0.05) is 0 Å². The molecule has 0 aliphatic carbocycles. The van der Waals surface area contributed by atoms with Gasteiger partial charge in [0.1, 0.15) is 0 Å². The largest absolute Gasteiger partial charge is 0.414 e. The first-order chi connectivity index (χ1) is 5.97. The molecule has 1 heterocycles. The Kier molecular flexibility index (Phi) is 2.56. The Morgan fingerprint density at radius 3 is 2.69 bits per heavy atom. The molecule has 0 spiro atoms. The summed E-state index contributed by atoms with van der Waals surface area (Å²) in [5.41, 5.74) is 6.96. The molecule has 0 saturated heterocycles. The van der Waals surface area contributed by atoms with E-state index in [0.717, 1.165) is 0 Å². The summed E-state index contributed by atoms with van der Waals surface area (Å²) >= 11 is 0. The summed E-state index contributed by atoms with van der Waals surface area (Å²) in [6.07, 6.45) is -4.39. The van der Waals surface area contributed by atoms with Crippen LogP contribution in [-0.2, 0) is 4.84 Å². The molecule has 1 aromatic heterocycles. The minimum atomic E-state index is -4.39. The van der Waals surface area contributed by atoms with Gasteiger partial charge >= 0.3 is 6.18 Å². The molecule has 1 rings (SSSR count). The molecule has 4 N–H and O–H groups in total. The zero-order chi connectivity index (χ0) is 9.90. The summed E-state index contributed by atoms with van der Waals surface area (Å²) in [5.74, 6) is -0.167. The Morgan fingerprint density at radius 2 is 2.23 bits per heavy atom. The van der Waals surface area contributed by atoms with E-state index in [-0.39, 0.29) is 11.9 Å². The average molecular weight is 197 g/mol. The van der Waals surface area contributed by atoms with Crippen LogP contribution in [0.5, 0.6) is 0 Å². The molecule has 0 bridgehead atoms. The third kappa shape index (κ3) is 3.60. The van der Waals surface area contributed by atoms with Crippen molar-refractivity contribution in [3.63, 3.8) is 0 Å². The second-order valence-electron chi connectivity index (χ2n) is 2.05. The number of alkyl halides is 3. The molecule has 0 aromatic carbocycles. The van der Waals surface area contributed by atoms with Crippen LogP contribution < -0.4 is 11.2 Å². The summed E-state index contributed by atoms with van der Waals surface area (Å²) in [6.45, 7) is -1.43. The van der Waals surface area contributed by atoms with Crippen LogP contribution in [-0.4, -0.2) is 28.0 Å². The molecule has 0 unspecified atom stereocenters. The van der Waals surface area contributed by atoms with Crippen molar-refractivity contribution in [1.82, 2.24) is 15.2 Å². The third-order valence-electron chi connectivity index (χ3n) is 0.902. The van der Waals surface area contributed by atoms with E-state index in [9.17, 15) is 13.2 Å². The van der Waals surface area contributed by atoms with Gasteiger partial charge in [-0.05, 0) is 0 Å². The molecule has 74 valence electrons. The van der Waals surface area contributed by atoms with Crippen molar-refractivity contribution in [2.45, 2.75) is 6.18 Å². The first kappa shape index (κ1) is 9.58. The predicted octanol–water partition coefficient (Wildman–Crippen LogP) is 0.293. The number of aromatic amines is 1. The van der Waals surface area contributed by atoms with Gasteiger partial charge in [-0.2, -0.15) is 18.2 Å². The molecule has 0 aliphatic rings. The van der Waals surface area contributed by atoms with Crippen molar-refractivity contribution in [2.75, 3.05) is 17.8 Å². The molecule has 0 fully saturated rings. The first-order valence-corrected chi connectivity index (χ1v) is 3.10. The number of nitrogen functional groups attached to an aromatic ring is 1. The number of rotatable bonds is 3. The topological polar surface area (TPSA) is 88.8 Å². The molecule has 9 heteroatoms. The van der Waals surface area contributed by atoms with Crippen LogP contribution in [0, 0.1) is 0 Å². The van der Waals surface area contributed by atoms with E-state index in [1.54, 1.807) is 0 Å². The predicted molar refractivity (Wildman–Crippen MR) is 36.4 cm³/mol.